The molecule has 8 nitrogen and oxygen atoms in total. The summed E-state index contributed by atoms with van der Waals surface area (Å²) < 4.78 is 81.9. The first-order valence-corrected chi connectivity index (χ1v) is 16.2. The van der Waals surface area contributed by atoms with Gasteiger partial charge in [0.1, 0.15) is 30.3 Å². The van der Waals surface area contributed by atoms with Gasteiger partial charge in [0.2, 0.25) is 6.04 Å². The lowest BCUT2D eigenvalue weighted by Gasteiger charge is -2.44. The van der Waals surface area contributed by atoms with Crippen LogP contribution >= 0.6 is 11.6 Å². The molecule has 3 aromatic rings. The van der Waals surface area contributed by atoms with E-state index in [9.17, 15) is 32.7 Å². The summed E-state index contributed by atoms with van der Waals surface area (Å²) in [4.78, 5) is 41.5. The summed E-state index contributed by atoms with van der Waals surface area (Å²) >= 11 is 5.76. The van der Waals surface area contributed by atoms with Gasteiger partial charge in [0.15, 0.2) is 5.67 Å². The highest BCUT2D eigenvalue weighted by Gasteiger charge is 2.60. The highest BCUT2D eigenvalue weighted by atomic mass is 35.5. The second kappa shape index (κ2) is 13.3. The van der Waals surface area contributed by atoms with Gasteiger partial charge in [-0.1, -0.05) is 48.0 Å². The molecule has 1 aliphatic carbocycles. The largest absolute Gasteiger partial charge is 0.524 e. The first kappa shape index (κ1) is 34.8. The molecule has 0 bridgehead atoms. The molecule has 0 spiro atoms. The van der Waals surface area contributed by atoms with E-state index in [1.807, 2.05) is 0 Å². The van der Waals surface area contributed by atoms with Gasteiger partial charge < -0.3 is 14.6 Å². The van der Waals surface area contributed by atoms with Crippen LogP contribution in [0, 0.1) is 5.82 Å². The van der Waals surface area contributed by atoms with E-state index >= 15 is 8.78 Å². The molecule has 3 aliphatic rings. The van der Waals surface area contributed by atoms with Crippen LogP contribution < -0.4 is 4.74 Å². The van der Waals surface area contributed by atoms with Crippen molar-refractivity contribution in [3.05, 3.63) is 99.3 Å². The Morgan fingerprint density at radius 2 is 1.73 bits per heavy atom. The molecule has 2 saturated heterocycles. The standard InChI is InChI=1S/C35H32ClF5N2O6/c36-24-11-10-23(27(13-24)35(39,40)41)16-42-18-34(38,19-42)20-49-30-15-28(37)26(14-25(30)22-8-9-22)31(44)43(12-4-7-29(43)32(45)46)33(47)48-17-21-5-2-1-3-6-21/h1-3,5-6,10-11,13-15,22,29H,4,7-9,12,16-20H2/p+1/t29-,43?/m0/s1. The van der Waals surface area contributed by atoms with Crippen molar-refractivity contribution >= 4 is 29.6 Å². The van der Waals surface area contributed by atoms with Crippen LogP contribution in [0.5, 0.6) is 5.75 Å². The second-order valence-electron chi connectivity index (χ2n) is 13.0. The molecule has 1 N–H and O–H groups in total. The first-order valence-electron chi connectivity index (χ1n) is 15.8. The Morgan fingerprint density at radius 1 is 1.02 bits per heavy atom. The Kier molecular flexibility index (Phi) is 9.46. The number of imide groups is 1. The van der Waals surface area contributed by atoms with Crippen LogP contribution in [0.4, 0.5) is 26.7 Å². The number of amides is 2. The third kappa shape index (κ3) is 7.15. The summed E-state index contributed by atoms with van der Waals surface area (Å²) in [6, 6.07) is 12.8. The molecule has 260 valence electrons. The van der Waals surface area contributed by atoms with Gasteiger partial charge in [-0.15, -0.1) is 4.48 Å². The minimum atomic E-state index is -4.63. The maximum atomic E-state index is 15.8. The number of halogens is 6. The molecule has 1 saturated carbocycles. The van der Waals surface area contributed by atoms with Crippen molar-refractivity contribution in [1.82, 2.24) is 4.90 Å². The number of hydrogen-bond acceptors (Lipinski definition) is 6. The van der Waals surface area contributed by atoms with Crippen LogP contribution in [0.3, 0.4) is 0 Å². The van der Waals surface area contributed by atoms with Crippen molar-refractivity contribution < 1.29 is 55.4 Å². The van der Waals surface area contributed by atoms with Gasteiger partial charge in [0.25, 0.3) is 0 Å². The molecular formula is C35H33ClF5N2O6+. The summed E-state index contributed by atoms with van der Waals surface area (Å²) in [7, 11) is 0. The minimum absolute atomic E-state index is 0.00139. The highest BCUT2D eigenvalue weighted by Crippen LogP contribution is 2.46. The molecule has 2 aliphatic heterocycles. The fourth-order valence-corrected chi connectivity index (χ4v) is 6.92. The van der Waals surface area contributed by atoms with Crippen molar-refractivity contribution in [2.24, 2.45) is 0 Å². The molecule has 2 amide bonds. The molecule has 0 aromatic heterocycles. The predicted molar refractivity (Wildman–Crippen MR) is 166 cm³/mol. The number of quaternary nitrogens is 1. The SMILES string of the molecule is O=C(O)[C@@H]1CCC[N+]1(C(=O)OCc1ccccc1)C(=O)c1cc(C2CC2)c(OCC2(F)CN(Cc3ccc(Cl)cc3C(F)(F)F)C2)cc1F. The zero-order valence-electron chi connectivity index (χ0n) is 26.1. The third-order valence-corrected chi connectivity index (χ3v) is 9.55. The summed E-state index contributed by atoms with van der Waals surface area (Å²) in [6.07, 6.45) is -4.14. The number of benzene rings is 3. The van der Waals surface area contributed by atoms with Gasteiger partial charge >= 0.3 is 24.1 Å². The fourth-order valence-electron chi connectivity index (χ4n) is 6.75. The Bertz CT molecular complexity index is 1760. The maximum Gasteiger partial charge on any atom is 0.524 e. The van der Waals surface area contributed by atoms with E-state index in [-0.39, 0.29) is 67.9 Å². The summed E-state index contributed by atoms with van der Waals surface area (Å²) in [5.41, 5.74) is -2.34. The van der Waals surface area contributed by atoms with E-state index in [0.717, 1.165) is 12.1 Å². The second-order valence-corrected chi connectivity index (χ2v) is 13.4. The van der Waals surface area contributed by atoms with E-state index in [4.69, 9.17) is 21.1 Å². The molecule has 0 radical (unpaired) electrons. The van der Waals surface area contributed by atoms with Crippen molar-refractivity contribution in [2.45, 2.75) is 62.6 Å². The zero-order valence-corrected chi connectivity index (χ0v) is 26.9. The number of carbonyl (C=O) groups excluding carboxylic acids is 2. The lowest BCUT2D eigenvalue weighted by Crippen LogP contribution is -2.62. The number of ether oxygens (including phenoxy) is 2. The maximum absolute atomic E-state index is 15.8. The minimum Gasteiger partial charge on any atom is -0.490 e. The fraction of sp³-hybridized carbons (Fsp3) is 0.400. The molecule has 49 heavy (non-hydrogen) atoms. The quantitative estimate of drug-likeness (QED) is 0.172. The highest BCUT2D eigenvalue weighted by molar-refractivity contribution is 6.30. The number of nitrogens with zero attached hydrogens (tertiary/aromatic N) is 2. The van der Waals surface area contributed by atoms with Crippen LogP contribution in [0.1, 0.15) is 64.2 Å². The predicted octanol–water partition coefficient (Wildman–Crippen LogP) is 7.52. The molecule has 14 heteroatoms. The topological polar surface area (TPSA) is 93.1 Å². The van der Waals surface area contributed by atoms with E-state index in [0.29, 0.717) is 24.0 Å². The zero-order chi connectivity index (χ0) is 35.1. The van der Waals surface area contributed by atoms with Crippen molar-refractivity contribution in [1.29, 1.82) is 0 Å². The van der Waals surface area contributed by atoms with Gasteiger partial charge in [0, 0.05) is 43.6 Å². The Morgan fingerprint density at radius 3 is 2.39 bits per heavy atom. The van der Waals surface area contributed by atoms with Gasteiger partial charge in [-0.3, -0.25) is 4.90 Å². The molecule has 1 unspecified atom stereocenters. The monoisotopic (exact) mass is 707 g/mol. The molecule has 3 aromatic carbocycles. The molecule has 6 rings (SSSR count). The van der Waals surface area contributed by atoms with Crippen LogP contribution in [0.2, 0.25) is 5.02 Å². The molecule has 2 heterocycles. The summed E-state index contributed by atoms with van der Waals surface area (Å²) in [6.45, 7) is -1.55. The van der Waals surface area contributed by atoms with E-state index in [1.165, 1.54) is 23.1 Å². The first-order chi connectivity index (χ1) is 23.2. The van der Waals surface area contributed by atoms with Crippen LogP contribution in [0.15, 0.2) is 60.7 Å². The van der Waals surface area contributed by atoms with Gasteiger partial charge in [0.05, 0.1) is 12.1 Å². The number of aliphatic carboxylic acids is 1. The number of alkyl halides is 4. The normalized spacial score (nSPS) is 22.0. The van der Waals surface area contributed by atoms with Gasteiger partial charge in [-0.25, -0.2) is 18.4 Å². The number of likely N-dealkylation sites (tertiary alicyclic amines) is 2. The van der Waals surface area contributed by atoms with Crippen molar-refractivity contribution in [2.75, 3.05) is 26.2 Å². The van der Waals surface area contributed by atoms with Gasteiger partial charge in [-0.05, 0) is 53.6 Å². The average Bonchev–Trinajstić information content (AvgIpc) is 3.78. The van der Waals surface area contributed by atoms with Crippen LogP contribution in [-0.4, -0.2) is 70.4 Å². The average molecular weight is 708 g/mol. The summed E-state index contributed by atoms with van der Waals surface area (Å²) in [5.74, 6) is -3.64. The van der Waals surface area contributed by atoms with E-state index in [1.54, 1.807) is 30.3 Å². The number of rotatable bonds is 10. The Balaban J connectivity index is 1.19. The van der Waals surface area contributed by atoms with Crippen molar-refractivity contribution in [3.63, 3.8) is 0 Å². The Hall–Kier alpha value is -4.07. The number of carboxylic acid groups (broad SMARTS) is 1. The molecule has 2 atom stereocenters. The number of carbonyl (C=O) groups is 3. The van der Waals surface area contributed by atoms with Crippen molar-refractivity contribution in [3.8, 4) is 5.75 Å². The molecular weight excluding hydrogens is 675 g/mol. The third-order valence-electron chi connectivity index (χ3n) is 9.32. The lowest BCUT2D eigenvalue weighted by molar-refractivity contribution is -0.780. The van der Waals surface area contributed by atoms with Crippen LogP contribution in [0.25, 0.3) is 0 Å². The summed E-state index contributed by atoms with van der Waals surface area (Å²) in [5, 5.41) is 9.93. The lowest BCUT2D eigenvalue weighted by atomic mass is 9.95. The van der Waals surface area contributed by atoms with Crippen LogP contribution in [-0.2, 0) is 28.9 Å². The number of carboxylic acids is 1. The van der Waals surface area contributed by atoms with E-state index < -0.39 is 63.9 Å². The molecule has 3 fully saturated rings. The van der Waals surface area contributed by atoms with E-state index in [2.05, 4.69) is 0 Å². The van der Waals surface area contributed by atoms with Gasteiger partial charge in [-0.2, -0.15) is 18.0 Å². The number of hydrogen-bond donors (Lipinski definition) is 1. The smallest absolute Gasteiger partial charge is 0.490 e. The Labute approximate surface area is 283 Å².